The van der Waals surface area contributed by atoms with E-state index in [1.54, 1.807) is 12.1 Å². The van der Waals surface area contributed by atoms with Crippen molar-refractivity contribution in [2.45, 2.75) is 71.4 Å². The fourth-order valence-electron chi connectivity index (χ4n) is 4.10. The Hall–Kier alpha value is -2.17. The summed E-state index contributed by atoms with van der Waals surface area (Å²) in [5, 5.41) is 7.80. The van der Waals surface area contributed by atoms with Crippen molar-refractivity contribution in [1.82, 2.24) is 15.1 Å². The van der Waals surface area contributed by atoms with E-state index >= 15 is 0 Å². The molecule has 0 unspecified atom stereocenters. The van der Waals surface area contributed by atoms with Gasteiger partial charge in [-0.2, -0.15) is 5.10 Å². The number of carbonyl (C=O) groups excluding carboxylic acids is 1. The largest absolute Gasteiger partial charge is 0.347 e. The normalized spacial score (nSPS) is 17.3. The topological polar surface area (TPSA) is 46.9 Å². The smallest absolute Gasteiger partial charge is 0.222 e. The quantitative estimate of drug-likeness (QED) is 0.857. The van der Waals surface area contributed by atoms with Gasteiger partial charge in [0.25, 0.3) is 0 Å². The first-order chi connectivity index (χ1) is 12.3. The van der Waals surface area contributed by atoms with Gasteiger partial charge in [-0.15, -0.1) is 0 Å². The predicted molar refractivity (Wildman–Crippen MR) is 100 cm³/mol. The molecular formula is C21H28FN3O. The van der Waals surface area contributed by atoms with Gasteiger partial charge in [-0.25, -0.2) is 4.39 Å². The first-order valence-corrected chi connectivity index (χ1v) is 9.42. The number of amides is 1. The highest BCUT2D eigenvalue weighted by atomic mass is 19.1. The molecule has 3 rings (SSSR count). The minimum Gasteiger partial charge on any atom is -0.347 e. The van der Waals surface area contributed by atoms with E-state index in [-0.39, 0.29) is 17.8 Å². The van der Waals surface area contributed by atoms with Crippen molar-refractivity contribution in [1.29, 1.82) is 0 Å². The average molecular weight is 357 g/mol. The Balaban J connectivity index is 1.76. The van der Waals surface area contributed by atoms with E-state index in [4.69, 9.17) is 0 Å². The third-order valence-electron chi connectivity index (χ3n) is 5.80. The first-order valence-electron chi connectivity index (χ1n) is 9.42. The molecule has 0 radical (unpaired) electrons. The lowest BCUT2D eigenvalue weighted by Gasteiger charge is -2.31. The standard InChI is InChI=1S/C21H28FN3O/c1-14(25-17(4)15(2)16(3)24-25)12-20(26)23-21(10-5-6-11-21)18-8-7-9-19(22)13-18/h7-9,13-14H,5-6,10-12H2,1-4H3,(H,23,26)/t14-/m1/s1. The van der Waals surface area contributed by atoms with Crippen LogP contribution in [0.1, 0.15) is 67.6 Å². The molecule has 1 N–H and O–H groups in total. The molecule has 0 aliphatic heterocycles. The fraction of sp³-hybridized carbons (Fsp3) is 0.524. The van der Waals surface area contributed by atoms with E-state index in [1.807, 2.05) is 31.5 Å². The molecule has 1 amide bonds. The first kappa shape index (κ1) is 18.6. The molecule has 5 heteroatoms. The van der Waals surface area contributed by atoms with Crippen LogP contribution in [0.25, 0.3) is 0 Å². The lowest BCUT2D eigenvalue weighted by molar-refractivity contribution is -0.123. The number of rotatable bonds is 5. The minimum absolute atomic E-state index is 0.00568. The molecule has 1 heterocycles. The summed E-state index contributed by atoms with van der Waals surface area (Å²) >= 11 is 0. The molecule has 1 fully saturated rings. The van der Waals surface area contributed by atoms with Crippen LogP contribution >= 0.6 is 0 Å². The van der Waals surface area contributed by atoms with Gasteiger partial charge < -0.3 is 5.32 Å². The fourth-order valence-corrected chi connectivity index (χ4v) is 4.10. The molecule has 140 valence electrons. The van der Waals surface area contributed by atoms with Crippen LogP contribution < -0.4 is 5.32 Å². The van der Waals surface area contributed by atoms with Gasteiger partial charge in [0.1, 0.15) is 5.82 Å². The van der Waals surface area contributed by atoms with Gasteiger partial charge in [0.15, 0.2) is 0 Å². The van der Waals surface area contributed by atoms with Gasteiger partial charge >= 0.3 is 0 Å². The molecule has 4 nitrogen and oxygen atoms in total. The summed E-state index contributed by atoms with van der Waals surface area (Å²) < 4.78 is 15.7. The summed E-state index contributed by atoms with van der Waals surface area (Å²) in [4.78, 5) is 12.8. The Kier molecular flexibility index (Phi) is 5.17. The number of halogens is 1. The maximum atomic E-state index is 13.7. The predicted octanol–water partition coefficient (Wildman–Crippen LogP) is 4.48. The van der Waals surface area contributed by atoms with Gasteiger partial charge in [0, 0.05) is 12.1 Å². The number of hydrogen-bond donors (Lipinski definition) is 1. The van der Waals surface area contributed by atoms with Crippen LogP contribution in [0, 0.1) is 26.6 Å². The monoisotopic (exact) mass is 357 g/mol. The summed E-state index contributed by atoms with van der Waals surface area (Å²) in [5.74, 6) is -0.261. The van der Waals surface area contributed by atoms with Crippen LogP contribution in [0.4, 0.5) is 4.39 Å². The van der Waals surface area contributed by atoms with Crippen molar-refractivity contribution >= 4 is 5.91 Å². The highest BCUT2D eigenvalue weighted by molar-refractivity contribution is 5.77. The lowest BCUT2D eigenvalue weighted by atomic mass is 9.87. The van der Waals surface area contributed by atoms with Crippen molar-refractivity contribution in [3.8, 4) is 0 Å². The van der Waals surface area contributed by atoms with Gasteiger partial charge in [-0.1, -0.05) is 25.0 Å². The third kappa shape index (κ3) is 3.53. The molecule has 0 bridgehead atoms. The van der Waals surface area contributed by atoms with E-state index < -0.39 is 5.54 Å². The molecule has 1 atom stereocenters. The molecule has 0 saturated heterocycles. The molecule has 1 saturated carbocycles. The van der Waals surface area contributed by atoms with E-state index in [2.05, 4.69) is 17.3 Å². The van der Waals surface area contributed by atoms with Crippen LogP contribution in [0.2, 0.25) is 0 Å². The van der Waals surface area contributed by atoms with Crippen LogP contribution in [-0.2, 0) is 10.3 Å². The molecular weight excluding hydrogens is 329 g/mol. The number of benzene rings is 1. The molecule has 1 aromatic heterocycles. The Morgan fingerprint density at radius 3 is 2.58 bits per heavy atom. The zero-order chi connectivity index (χ0) is 18.9. The summed E-state index contributed by atoms with van der Waals surface area (Å²) in [7, 11) is 0. The minimum atomic E-state index is -0.441. The lowest BCUT2D eigenvalue weighted by Crippen LogP contribution is -2.44. The van der Waals surface area contributed by atoms with Crippen LogP contribution in [0.5, 0.6) is 0 Å². The van der Waals surface area contributed by atoms with Gasteiger partial charge in [0.05, 0.1) is 17.3 Å². The molecule has 1 aliphatic rings. The molecule has 26 heavy (non-hydrogen) atoms. The number of carbonyl (C=O) groups is 1. The number of aromatic nitrogens is 2. The van der Waals surface area contributed by atoms with Crippen molar-refractivity contribution < 1.29 is 9.18 Å². The highest BCUT2D eigenvalue weighted by Gasteiger charge is 2.37. The van der Waals surface area contributed by atoms with E-state index in [1.165, 1.54) is 11.6 Å². The maximum Gasteiger partial charge on any atom is 0.222 e. The van der Waals surface area contributed by atoms with Crippen LogP contribution in [0.3, 0.4) is 0 Å². The third-order valence-corrected chi connectivity index (χ3v) is 5.80. The summed E-state index contributed by atoms with van der Waals surface area (Å²) in [6.45, 7) is 8.10. The SMILES string of the molecule is Cc1nn([C@H](C)CC(=O)NC2(c3cccc(F)c3)CCCC2)c(C)c1C. The number of nitrogens with one attached hydrogen (secondary N) is 1. The summed E-state index contributed by atoms with van der Waals surface area (Å²) in [6.07, 6.45) is 4.16. The second-order valence-corrected chi connectivity index (χ2v) is 7.64. The van der Waals surface area contributed by atoms with Crippen molar-refractivity contribution in [3.63, 3.8) is 0 Å². The second-order valence-electron chi connectivity index (χ2n) is 7.64. The van der Waals surface area contributed by atoms with E-state index in [9.17, 15) is 9.18 Å². The average Bonchev–Trinajstić information content (AvgIpc) is 3.16. The second kappa shape index (κ2) is 7.22. The summed E-state index contributed by atoms with van der Waals surface area (Å²) in [5.41, 5.74) is 3.71. The summed E-state index contributed by atoms with van der Waals surface area (Å²) in [6, 6.07) is 6.62. The highest BCUT2D eigenvalue weighted by Crippen LogP contribution is 2.39. The number of aryl methyl sites for hydroxylation is 1. The van der Waals surface area contributed by atoms with Crippen molar-refractivity contribution in [3.05, 3.63) is 52.6 Å². The zero-order valence-electron chi connectivity index (χ0n) is 16.1. The molecule has 2 aromatic rings. The van der Waals surface area contributed by atoms with Crippen molar-refractivity contribution in [2.24, 2.45) is 0 Å². The zero-order valence-corrected chi connectivity index (χ0v) is 16.1. The Morgan fingerprint density at radius 2 is 2.00 bits per heavy atom. The van der Waals surface area contributed by atoms with E-state index in [0.717, 1.165) is 42.6 Å². The molecule has 1 aliphatic carbocycles. The van der Waals surface area contributed by atoms with E-state index in [0.29, 0.717) is 6.42 Å². The van der Waals surface area contributed by atoms with Crippen molar-refractivity contribution in [2.75, 3.05) is 0 Å². The van der Waals surface area contributed by atoms with Gasteiger partial charge in [-0.05, 0) is 63.8 Å². The molecule has 1 aromatic carbocycles. The molecule has 0 spiro atoms. The Bertz CT molecular complexity index is 806. The Labute approximate surface area is 154 Å². The number of hydrogen-bond acceptors (Lipinski definition) is 2. The van der Waals surface area contributed by atoms with Gasteiger partial charge in [-0.3, -0.25) is 9.48 Å². The number of nitrogens with zero attached hydrogens (tertiary/aromatic N) is 2. The van der Waals surface area contributed by atoms with Gasteiger partial charge in [0.2, 0.25) is 5.91 Å². The van der Waals surface area contributed by atoms with Crippen LogP contribution in [-0.4, -0.2) is 15.7 Å². The van der Waals surface area contributed by atoms with Crippen LogP contribution in [0.15, 0.2) is 24.3 Å². The Morgan fingerprint density at radius 1 is 1.31 bits per heavy atom. The maximum absolute atomic E-state index is 13.7.